The number of fused-ring (bicyclic) bond motifs is 1. The molecular weight excluding hydrogens is 419 g/mol. The first-order valence-electron chi connectivity index (χ1n) is 8.40. The molecule has 0 radical (unpaired) electrons. The first-order valence-corrected chi connectivity index (χ1v) is 9.53. The molecule has 4 rings (SSSR count). The minimum Gasteiger partial charge on any atom is -0.489 e. The van der Waals surface area contributed by atoms with Gasteiger partial charge in [-0.1, -0.05) is 40.9 Å². The van der Waals surface area contributed by atoms with Gasteiger partial charge in [0.1, 0.15) is 23.7 Å². The minimum absolute atomic E-state index is 0.152. The maximum Gasteiger partial charge on any atom is 0.193 e. The van der Waals surface area contributed by atoms with Crippen LogP contribution in [0, 0.1) is 0 Å². The number of benzene rings is 3. The van der Waals surface area contributed by atoms with Crippen LogP contribution in [0.4, 0.5) is 0 Å². The molecule has 0 saturated carbocycles. The lowest BCUT2D eigenvalue weighted by molar-refractivity contribution is 0.306. The Hall–Kier alpha value is -2.46. The Balaban J connectivity index is 1.62. The molecule has 0 N–H and O–H groups in total. The molecule has 0 saturated heterocycles. The molecule has 0 aliphatic carbocycles. The quantitative estimate of drug-likeness (QED) is 0.349. The lowest BCUT2D eigenvalue weighted by Gasteiger charge is -2.09. The van der Waals surface area contributed by atoms with Gasteiger partial charge >= 0.3 is 0 Å². The number of rotatable bonds is 4. The molecule has 0 amide bonds. The van der Waals surface area contributed by atoms with Crippen LogP contribution in [-0.4, -0.2) is 0 Å². The summed E-state index contributed by atoms with van der Waals surface area (Å²) in [6, 6.07) is 18.9. The van der Waals surface area contributed by atoms with E-state index in [4.69, 9.17) is 44.0 Å². The van der Waals surface area contributed by atoms with Gasteiger partial charge in [0, 0.05) is 32.3 Å². The van der Waals surface area contributed by atoms with Crippen LogP contribution in [0.2, 0.25) is 15.1 Å². The summed E-state index contributed by atoms with van der Waals surface area (Å²) in [7, 11) is 0. The van der Waals surface area contributed by atoms with Crippen molar-refractivity contribution in [2.24, 2.45) is 0 Å². The van der Waals surface area contributed by atoms with Gasteiger partial charge in [-0.3, -0.25) is 4.79 Å². The molecule has 0 spiro atoms. The highest BCUT2D eigenvalue weighted by molar-refractivity contribution is 6.35. The molecule has 28 heavy (non-hydrogen) atoms. The number of halogens is 3. The topological polar surface area (TPSA) is 39.4 Å². The van der Waals surface area contributed by atoms with Crippen LogP contribution in [0.3, 0.4) is 0 Å². The highest BCUT2D eigenvalue weighted by Crippen LogP contribution is 2.27. The Morgan fingerprint density at radius 2 is 1.57 bits per heavy atom. The first-order chi connectivity index (χ1) is 13.5. The van der Waals surface area contributed by atoms with E-state index >= 15 is 0 Å². The molecule has 4 aromatic rings. The third kappa shape index (κ3) is 4.02. The van der Waals surface area contributed by atoms with Crippen molar-refractivity contribution >= 4 is 45.8 Å². The van der Waals surface area contributed by atoms with E-state index in [-0.39, 0.29) is 12.0 Å². The lowest BCUT2D eigenvalue weighted by atomic mass is 10.1. The maximum absolute atomic E-state index is 12.6. The van der Waals surface area contributed by atoms with Gasteiger partial charge < -0.3 is 9.15 Å². The summed E-state index contributed by atoms with van der Waals surface area (Å²) in [5.41, 5.74) is 1.91. The molecule has 0 fully saturated rings. The number of ether oxygens (including phenoxy) is 1. The van der Waals surface area contributed by atoms with Crippen molar-refractivity contribution in [1.29, 1.82) is 0 Å². The molecule has 3 nitrogen and oxygen atoms in total. The van der Waals surface area contributed by atoms with Crippen LogP contribution in [0.5, 0.6) is 5.75 Å². The lowest BCUT2D eigenvalue weighted by Crippen LogP contribution is -2.02. The summed E-state index contributed by atoms with van der Waals surface area (Å²) in [6.45, 7) is 0.260. The standard InChI is InChI=1S/C22H13Cl3O3/c23-15-4-1-13(2-5-15)22-11-20(26)18-10-17(7-8-21(18)28-22)27-12-14-3-6-16(24)9-19(14)25/h1-11H,12H2. The van der Waals surface area contributed by atoms with Gasteiger partial charge in [-0.15, -0.1) is 0 Å². The average molecular weight is 432 g/mol. The Kier molecular flexibility index (Phi) is 5.31. The average Bonchev–Trinajstić information content (AvgIpc) is 2.68. The van der Waals surface area contributed by atoms with E-state index in [2.05, 4.69) is 0 Å². The van der Waals surface area contributed by atoms with Crippen LogP contribution >= 0.6 is 34.8 Å². The summed E-state index contributed by atoms with van der Waals surface area (Å²) in [4.78, 5) is 12.6. The van der Waals surface area contributed by atoms with E-state index in [1.54, 1.807) is 60.7 Å². The monoisotopic (exact) mass is 430 g/mol. The van der Waals surface area contributed by atoms with Gasteiger partial charge in [-0.2, -0.15) is 0 Å². The van der Waals surface area contributed by atoms with Gasteiger partial charge in [0.15, 0.2) is 5.43 Å². The Labute approximate surface area is 176 Å². The molecule has 0 aliphatic rings. The predicted molar refractivity (Wildman–Crippen MR) is 114 cm³/mol. The zero-order chi connectivity index (χ0) is 19.7. The molecule has 0 atom stereocenters. The van der Waals surface area contributed by atoms with Crippen LogP contribution < -0.4 is 10.2 Å². The van der Waals surface area contributed by atoms with Gasteiger partial charge in [0.05, 0.1) is 5.39 Å². The smallest absolute Gasteiger partial charge is 0.193 e. The van der Waals surface area contributed by atoms with Gasteiger partial charge in [-0.25, -0.2) is 0 Å². The SMILES string of the molecule is O=c1cc(-c2ccc(Cl)cc2)oc2ccc(OCc3ccc(Cl)cc3Cl)cc12. The summed E-state index contributed by atoms with van der Waals surface area (Å²) in [6.07, 6.45) is 0. The molecule has 0 bridgehead atoms. The third-order valence-corrected chi connectivity index (χ3v) is 5.08. The normalized spacial score (nSPS) is 11.0. The summed E-state index contributed by atoms with van der Waals surface area (Å²) in [5.74, 6) is 1.03. The predicted octanol–water partition coefficient (Wildman–Crippen LogP) is 7.00. The van der Waals surface area contributed by atoms with E-state index in [9.17, 15) is 4.79 Å². The van der Waals surface area contributed by atoms with Crippen LogP contribution in [0.1, 0.15) is 5.56 Å². The van der Waals surface area contributed by atoms with Crippen molar-refractivity contribution < 1.29 is 9.15 Å². The third-order valence-electron chi connectivity index (χ3n) is 4.24. The summed E-state index contributed by atoms with van der Waals surface area (Å²) >= 11 is 18.0. The van der Waals surface area contributed by atoms with E-state index in [0.29, 0.717) is 37.5 Å². The number of hydrogen-bond donors (Lipinski definition) is 0. The highest BCUT2D eigenvalue weighted by Gasteiger charge is 2.09. The molecular formula is C22H13Cl3O3. The molecule has 0 aliphatic heterocycles. The van der Waals surface area contributed by atoms with E-state index in [0.717, 1.165) is 11.1 Å². The highest BCUT2D eigenvalue weighted by atomic mass is 35.5. The van der Waals surface area contributed by atoms with Gasteiger partial charge in [0.25, 0.3) is 0 Å². The Bertz CT molecular complexity index is 1210. The second-order valence-electron chi connectivity index (χ2n) is 6.16. The molecule has 1 heterocycles. The van der Waals surface area contributed by atoms with Crippen molar-refractivity contribution in [2.75, 3.05) is 0 Å². The van der Waals surface area contributed by atoms with Crippen LogP contribution in [0.25, 0.3) is 22.3 Å². The molecule has 3 aromatic carbocycles. The fourth-order valence-corrected chi connectivity index (χ4v) is 3.37. The van der Waals surface area contributed by atoms with Crippen molar-refractivity contribution in [2.45, 2.75) is 6.61 Å². The molecule has 0 unspecified atom stereocenters. The van der Waals surface area contributed by atoms with Crippen molar-refractivity contribution in [3.8, 4) is 17.1 Å². The van der Waals surface area contributed by atoms with Crippen molar-refractivity contribution in [3.63, 3.8) is 0 Å². The largest absolute Gasteiger partial charge is 0.489 e. The zero-order valence-corrected chi connectivity index (χ0v) is 16.7. The number of hydrogen-bond acceptors (Lipinski definition) is 3. The maximum atomic E-state index is 12.6. The second-order valence-corrected chi connectivity index (χ2v) is 7.44. The van der Waals surface area contributed by atoms with E-state index in [1.807, 2.05) is 0 Å². The molecule has 6 heteroatoms. The van der Waals surface area contributed by atoms with Gasteiger partial charge in [-0.05, 0) is 54.6 Å². The van der Waals surface area contributed by atoms with Crippen LogP contribution in [-0.2, 0) is 6.61 Å². The van der Waals surface area contributed by atoms with Crippen molar-refractivity contribution in [3.05, 3.63) is 97.6 Å². The van der Waals surface area contributed by atoms with E-state index < -0.39 is 0 Å². The Morgan fingerprint density at radius 3 is 2.32 bits per heavy atom. The summed E-state index contributed by atoms with van der Waals surface area (Å²) < 4.78 is 11.7. The van der Waals surface area contributed by atoms with Gasteiger partial charge in [0.2, 0.25) is 0 Å². The fourth-order valence-electron chi connectivity index (χ4n) is 2.78. The molecule has 1 aromatic heterocycles. The zero-order valence-electron chi connectivity index (χ0n) is 14.4. The van der Waals surface area contributed by atoms with Crippen molar-refractivity contribution in [1.82, 2.24) is 0 Å². The fraction of sp³-hybridized carbons (Fsp3) is 0.0455. The summed E-state index contributed by atoms with van der Waals surface area (Å²) in [5, 5.41) is 2.15. The molecule has 140 valence electrons. The van der Waals surface area contributed by atoms with Crippen LogP contribution in [0.15, 0.2) is 75.9 Å². The second kappa shape index (κ2) is 7.88. The Morgan fingerprint density at radius 1 is 0.821 bits per heavy atom. The first kappa shape index (κ1) is 18.9. The van der Waals surface area contributed by atoms with E-state index in [1.165, 1.54) is 6.07 Å². The minimum atomic E-state index is -0.152.